The number of hydrogen-bond donors (Lipinski definition) is 0. The van der Waals surface area contributed by atoms with Crippen LogP contribution in [0.15, 0.2) is 35.5 Å². The van der Waals surface area contributed by atoms with Crippen LogP contribution in [0.1, 0.15) is 18.4 Å². The number of allylic oxidation sites excluding steroid dienone is 2. The zero-order chi connectivity index (χ0) is 18.1. The van der Waals surface area contributed by atoms with Gasteiger partial charge >= 0.3 is 0 Å². The van der Waals surface area contributed by atoms with E-state index < -0.39 is 0 Å². The van der Waals surface area contributed by atoms with Crippen LogP contribution in [0.3, 0.4) is 0 Å². The number of hydrogen-bond acceptors (Lipinski definition) is 5. The molecule has 2 bridgehead atoms. The SMILES string of the molecule is COc1ccc(/C=N\N2C(=O)[C@@H]3[C@@H](C2=O)[C@@H]2C=C[C@@H]3C23CC3)c(OC)c1. The molecule has 26 heavy (non-hydrogen) atoms. The molecule has 6 heteroatoms. The Morgan fingerprint density at radius 2 is 1.73 bits per heavy atom. The van der Waals surface area contributed by atoms with E-state index in [0.29, 0.717) is 17.1 Å². The number of hydrazone groups is 1. The molecule has 5 rings (SSSR count). The highest BCUT2D eigenvalue weighted by atomic mass is 16.5. The Labute approximate surface area is 151 Å². The Balaban J connectivity index is 1.42. The predicted molar refractivity (Wildman–Crippen MR) is 93.8 cm³/mol. The van der Waals surface area contributed by atoms with Crippen LogP contribution in [-0.2, 0) is 9.59 Å². The minimum atomic E-state index is -0.227. The molecular formula is C20H20N2O4. The number of amides is 2. The maximum Gasteiger partial charge on any atom is 0.254 e. The molecule has 2 saturated carbocycles. The smallest absolute Gasteiger partial charge is 0.254 e. The van der Waals surface area contributed by atoms with Gasteiger partial charge in [-0.15, -0.1) is 0 Å². The van der Waals surface area contributed by atoms with Crippen molar-refractivity contribution >= 4 is 18.0 Å². The van der Waals surface area contributed by atoms with Crippen LogP contribution in [0.5, 0.6) is 11.5 Å². The summed E-state index contributed by atoms with van der Waals surface area (Å²) in [5.74, 6) is 0.892. The van der Waals surface area contributed by atoms with Crippen molar-refractivity contribution in [3.63, 3.8) is 0 Å². The van der Waals surface area contributed by atoms with Gasteiger partial charge in [0, 0.05) is 11.6 Å². The molecule has 2 amide bonds. The number of fused-ring (bicyclic) bond motifs is 3. The van der Waals surface area contributed by atoms with E-state index >= 15 is 0 Å². The fourth-order valence-corrected chi connectivity index (χ4v) is 5.22. The third-order valence-corrected chi connectivity index (χ3v) is 6.58. The fraction of sp³-hybridized carbons (Fsp3) is 0.450. The topological polar surface area (TPSA) is 68.2 Å². The molecule has 3 aliphatic carbocycles. The van der Waals surface area contributed by atoms with Gasteiger partial charge in [0.25, 0.3) is 11.8 Å². The van der Waals surface area contributed by atoms with Gasteiger partial charge in [-0.1, -0.05) is 12.2 Å². The summed E-state index contributed by atoms with van der Waals surface area (Å²) in [6, 6.07) is 5.31. The van der Waals surface area contributed by atoms with Gasteiger partial charge < -0.3 is 9.47 Å². The van der Waals surface area contributed by atoms with Crippen LogP contribution < -0.4 is 9.47 Å². The number of imide groups is 1. The highest BCUT2D eigenvalue weighted by Gasteiger charge is 2.73. The van der Waals surface area contributed by atoms with E-state index in [4.69, 9.17) is 9.47 Å². The molecule has 0 unspecified atom stereocenters. The Morgan fingerprint density at radius 1 is 1.08 bits per heavy atom. The average Bonchev–Trinajstić information content (AvgIpc) is 3.26. The summed E-state index contributed by atoms with van der Waals surface area (Å²) in [5.41, 5.74) is 0.890. The largest absolute Gasteiger partial charge is 0.497 e. The van der Waals surface area contributed by atoms with Crippen LogP contribution in [0, 0.1) is 29.1 Å². The highest BCUT2D eigenvalue weighted by Crippen LogP contribution is 2.73. The highest BCUT2D eigenvalue weighted by molar-refractivity contribution is 6.07. The molecule has 1 aromatic rings. The van der Waals surface area contributed by atoms with E-state index in [9.17, 15) is 9.59 Å². The molecule has 134 valence electrons. The van der Waals surface area contributed by atoms with Gasteiger partial charge in [0.1, 0.15) is 11.5 Å². The van der Waals surface area contributed by atoms with Crippen molar-refractivity contribution in [2.45, 2.75) is 12.8 Å². The number of benzene rings is 1. The monoisotopic (exact) mass is 352 g/mol. The molecule has 0 aromatic heterocycles. The van der Waals surface area contributed by atoms with Crippen molar-refractivity contribution in [1.82, 2.24) is 5.01 Å². The quantitative estimate of drug-likeness (QED) is 0.473. The second-order valence-electron chi connectivity index (χ2n) is 7.56. The van der Waals surface area contributed by atoms with E-state index in [1.54, 1.807) is 32.4 Å². The van der Waals surface area contributed by atoms with Crippen LogP contribution in [-0.4, -0.2) is 37.3 Å². The zero-order valence-electron chi connectivity index (χ0n) is 14.7. The van der Waals surface area contributed by atoms with Gasteiger partial charge in [0.05, 0.1) is 32.3 Å². The van der Waals surface area contributed by atoms with Crippen molar-refractivity contribution in [3.05, 3.63) is 35.9 Å². The third-order valence-electron chi connectivity index (χ3n) is 6.58. The van der Waals surface area contributed by atoms with E-state index in [1.165, 1.54) is 6.21 Å². The van der Waals surface area contributed by atoms with Crippen LogP contribution in [0.4, 0.5) is 0 Å². The van der Waals surface area contributed by atoms with Crippen molar-refractivity contribution in [1.29, 1.82) is 0 Å². The average molecular weight is 352 g/mol. The second kappa shape index (κ2) is 5.19. The normalized spacial score (nSPS) is 32.8. The number of carbonyl (C=O) groups is 2. The predicted octanol–water partition coefficient (Wildman–Crippen LogP) is 2.23. The molecule has 1 heterocycles. The van der Waals surface area contributed by atoms with Crippen molar-refractivity contribution < 1.29 is 19.1 Å². The summed E-state index contributed by atoms with van der Waals surface area (Å²) in [6.07, 6.45) is 8.09. The Bertz CT molecular complexity index is 837. The first kappa shape index (κ1) is 15.6. The van der Waals surface area contributed by atoms with Gasteiger partial charge in [-0.3, -0.25) is 9.59 Å². The van der Waals surface area contributed by atoms with E-state index in [-0.39, 0.29) is 40.9 Å². The first-order chi connectivity index (χ1) is 12.6. The number of nitrogens with zero attached hydrogens (tertiary/aromatic N) is 2. The molecule has 4 atom stereocenters. The molecule has 1 aromatic carbocycles. The molecule has 0 radical (unpaired) electrons. The van der Waals surface area contributed by atoms with Crippen LogP contribution in [0.25, 0.3) is 0 Å². The van der Waals surface area contributed by atoms with Crippen molar-refractivity contribution in [2.75, 3.05) is 14.2 Å². The summed E-state index contributed by atoms with van der Waals surface area (Å²) in [5, 5.41) is 5.30. The Morgan fingerprint density at radius 3 is 2.27 bits per heavy atom. The molecule has 0 N–H and O–H groups in total. The molecular weight excluding hydrogens is 332 g/mol. The molecule has 6 nitrogen and oxygen atoms in total. The van der Waals surface area contributed by atoms with E-state index in [1.807, 2.05) is 0 Å². The lowest BCUT2D eigenvalue weighted by Gasteiger charge is -2.18. The Kier molecular flexibility index (Phi) is 3.12. The molecule has 3 fully saturated rings. The van der Waals surface area contributed by atoms with Crippen molar-refractivity contribution in [2.24, 2.45) is 34.2 Å². The zero-order valence-corrected chi connectivity index (χ0v) is 14.7. The lowest BCUT2D eigenvalue weighted by molar-refractivity contribution is -0.141. The van der Waals surface area contributed by atoms with Gasteiger partial charge in [-0.05, 0) is 42.2 Å². The fourth-order valence-electron chi connectivity index (χ4n) is 5.22. The minimum Gasteiger partial charge on any atom is -0.497 e. The van der Waals surface area contributed by atoms with E-state index in [0.717, 1.165) is 17.9 Å². The summed E-state index contributed by atoms with van der Waals surface area (Å²) >= 11 is 0. The lowest BCUT2D eigenvalue weighted by atomic mass is 9.85. The summed E-state index contributed by atoms with van der Waals surface area (Å²) in [4.78, 5) is 25.8. The van der Waals surface area contributed by atoms with E-state index in [2.05, 4.69) is 17.3 Å². The third kappa shape index (κ3) is 1.84. The van der Waals surface area contributed by atoms with Crippen molar-refractivity contribution in [3.8, 4) is 11.5 Å². The number of ether oxygens (including phenoxy) is 2. The maximum absolute atomic E-state index is 12.9. The van der Waals surface area contributed by atoms with Gasteiger partial charge in [0.2, 0.25) is 0 Å². The molecule has 4 aliphatic rings. The first-order valence-corrected chi connectivity index (χ1v) is 8.93. The number of methoxy groups -OCH3 is 2. The molecule has 1 spiro atoms. The number of carbonyl (C=O) groups excluding carboxylic acids is 2. The molecule has 1 saturated heterocycles. The number of rotatable bonds is 4. The summed E-state index contributed by atoms with van der Waals surface area (Å²) in [7, 11) is 3.14. The van der Waals surface area contributed by atoms with Gasteiger partial charge in [-0.2, -0.15) is 10.1 Å². The first-order valence-electron chi connectivity index (χ1n) is 8.93. The summed E-state index contributed by atoms with van der Waals surface area (Å²) < 4.78 is 10.5. The minimum absolute atomic E-state index is 0.160. The van der Waals surface area contributed by atoms with Crippen LogP contribution in [0.2, 0.25) is 0 Å². The van der Waals surface area contributed by atoms with Crippen LogP contribution >= 0.6 is 0 Å². The molecule has 1 aliphatic heterocycles. The lowest BCUT2D eigenvalue weighted by Crippen LogP contribution is -2.30. The van der Waals surface area contributed by atoms with Gasteiger partial charge in [-0.25, -0.2) is 0 Å². The maximum atomic E-state index is 12.9. The Hall–Kier alpha value is -2.63. The van der Waals surface area contributed by atoms with Gasteiger partial charge in [0.15, 0.2) is 0 Å². The standard InChI is InChI=1S/C20H20N2O4/c1-25-12-4-3-11(15(9-12)26-2)10-21-22-18(23)16-13-5-6-14(17(16)19(22)24)20(13)7-8-20/h3-6,9-10,13-14,16-17H,7-8H2,1-2H3/b21-10-/t13-,14-,16-,17-/m0/s1. The summed E-state index contributed by atoms with van der Waals surface area (Å²) in [6.45, 7) is 0. The second-order valence-corrected chi connectivity index (χ2v) is 7.56.